The van der Waals surface area contributed by atoms with Gasteiger partial charge in [-0.15, -0.1) is 11.3 Å². The Bertz CT molecular complexity index is 451. The summed E-state index contributed by atoms with van der Waals surface area (Å²) >= 11 is -0.194. The van der Waals surface area contributed by atoms with Crippen LogP contribution in [0.2, 0.25) is 0 Å². The van der Waals surface area contributed by atoms with Crippen LogP contribution in [0.4, 0.5) is 0 Å². The Kier molecular flexibility index (Phi) is 3.25. The van der Waals surface area contributed by atoms with E-state index in [9.17, 15) is 4.21 Å². The van der Waals surface area contributed by atoms with E-state index < -0.39 is 11.1 Å². The maximum Gasteiger partial charge on any atom is 0.157 e. The predicted molar refractivity (Wildman–Crippen MR) is 62.0 cm³/mol. The third kappa shape index (κ3) is 2.71. The molecule has 2 rings (SSSR count). The third-order valence-corrected chi connectivity index (χ3v) is 3.36. The van der Waals surface area contributed by atoms with E-state index in [1.807, 2.05) is 30.5 Å². The smallest absolute Gasteiger partial charge is 0.157 e. The predicted octanol–water partition coefficient (Wildman–Crippen LogP) is 2.53. The summed E-state index contributed by atoms with van der Waals surface area (Å²) in [5, 5.41) is 0. The van der Waals surface area contributed by atoms with Crippen LogP contribution >= 0.6 is 11.3 Å². The van der Waals surface area contributed by atoms with Crippen LogP contribution in [0.25, 0.3) is 10.4 Å². The Morgan fingerprint density at radius 3 is 2.60 bits per heavy atom. The first-order valence-corrected chi connectivity index (χ1v) is 6.46. The van der Waals surface area contributed by atoms with E-state index in [1.165, 1.54) is 0 Å². The van der Waals surface area contributed by atoms with Crippen LogP contribution in [-0.4, -0.2) is 13.7 Å². The molecule has 1 atom stereocenters. The molecule has 1 N–H and O–H groups in total. The molecular weight excluding hydrogens is 230 g/mol. The van der Waals surface area contributed by atoms with Gasteiger partial charge in [0.05, 0.1) is 16.1 Å². The molecule has 0 aliphatic carbocycles. The summed E-state index contributed by atoms with van der Waals surface area (Å²) in [6.07, 6.45) is 1.81. The molecule has 1 aromatic heterocycles. The van der Waals surface area contributed by atoms with Gasteiger partial charge in [0.25, 0.3) is 0 Å². The highest BCUT2D eigenvalue weighted by atomic mass is 32.2. The van der Waals surface area contributed by atoms with Crippen LogP contribution in [0, 0.1) is 0 Å². The van der Waals surface area contributed by atoms with Gasteiger partial charge < -0.3 is 4.55 Å². The van der Waals surface area contributed by atoms with E-state index in [0.717, 1.165) is 16.0 Å². The minimum absolute atomic E-state index is 0.184. The van der Waals surface area contributed by atoms with Gasteiger partial charge in [0.1, 0.15) is 0 Å². The highest BCUT2D eigenvalue weighted by Crippen LogP contribution is 2.23. The van der Waals surface area contributed by atoms with Crippen LogP contribution in [0.3, 0.4) is 0 Å². The number of hydrogen-bond donors (Lipinski definition) is 1. The Balaban J connectivity index is 2.21. The number of aromatic nitrogens is 1. The molecule has 0 aliphatic rings. The molecule has 0 amide bonds. The van der Waals surface area contributed by atoms with Gasteiger partial charge in [-0.2, -0.15) is 0 Å². The van der Waals surface area contributed by atoms with Gasteiger partial charge in [0, 0.05) is 6.20 Å². The molecule has 0 spiro atoms. The number of nitrogens with zero attached hydrogens (tertiary/aromatic N) is 1. The fourth-order valence-corrected chi connectivity index (χ4v) is 2.37. The highest BCUT2D eigenvalue weighted by Gasteiger charge is 2.01. The zero-order valence-electron chi connectivity index (χ0n) is 7.79. The summed E-state index contributed by atoms with van der Waals surface area (Å²) in [4.78, 5) is 5.10. The first kappa shape index (κ1) is 10.5. The minimum atomic E-state index is -1.77. The van der Waals surface area contributed by atoms with Crippen molar-refractivity contribution in [3.05, 3.63) is 41.5 Å². The fourth-order valence-electron chi connectivity index (χ4n) is 1.27. The average Bonchev–Trinajstić information content (AvgIpc) is 2.71. The van der Waals surface area contributed by atoms with Crippen LogP contribution in [-0.2, 0) is 16.8 Å². The minimum Gasteiger partial charge on any atom is -0.306 e. The fraction of sp³-hybridized carbons (Fsp3) is 0.100. The zero-order chi connectivity index (χ0) is 10.7. The second-order valence-electron chi connectivity index (χ2n) is 3.03. The van der Waals surface area contributed by atoms with E-state index in [1.54, 1.807) is 16.8 Å². The molecule has 5 heteroatoms. The van der Waals surface area contributed by atoms with Crippen molar-refractivity contribution in [3.63, 3.8) is 0 Å². The average molecular weight is 239 g/mol. The van der Waals surface area contributed by atoms with Crippen molar-refractivity contribution in [2.24, 2.45) is 0 Å². The number of thiazole rings is 1. The van der Waals surface area contributed by atoms with Crippen molar-refractivity contribution < 1.29 is 8.76 Å². The van der Waals surface area contributed by atoms with Crippen molar-refractivity contribution in [1.82, 2.24) is 4.98 Å². The molecule has 3 nitrogen and oxygen atoms in total. The molecule has 0 bridgehead atoms. The topological polar surface area (TPSA) is 50.2 Å². The summed E-state index contributed by atoms with van der Waals surface area (Å²) in [7, 11) is 0. The molecule has 15 heavy (non-hydrogen) atoms. The number of benzene rings is 1. The van der Waals surface area contributed by atoms with Gasteiger partial charge in [-0.25, -0.2) is 4.21 Å². The summed E-state index contributed by atoms with van der Waals surface area (Å²) in [5.41, 5.74) is 3.74. The Morgan fingerprint density at radius 1 is 1.33 bits per heavy atom. The largest absolute Gasteiger partial charge is 0.306 e. The maximum absolute atomic E-state index is 10.6. The first-order chi connectivity index (χ1) is 7.25. The summed E-state index contributed by atoms with van der Waals surface area (Å²) in [6, 6.07) is 7.61. The SMILES string of the molecule is O=S(O)Cc1ccc(-c2cncs2)cc1. The lowest BCUT2D eigenvalue weighted by Crippen LogP contribution is -1.92. The molecule has 0 saturated heterocycles. The normalized spacial score (nSPS) is 12.6. The van der Waals surface area contributed by atoms with Crippen molar-refractivity contribution in [3.8, 4) is 10.4 Å². The Labute approximate surface area is 94.1 Å². The van der Waals surface area contributed by atoms with Crippen molar-refractivity contribution in [2.45, 2.75) is 5.75 Å². The van der Waals surface area contributed by atoms with Gasteiger partial charge in [-0.05, 0) is 11.1 Å². The molecule has 0 fully saturated rings. The molecular formula is C10H9NO2S2. The lowest BCUT2D eigenvalue weighted by Gasteiger charge is -1.99. The molecule has 0 radical (unpaired) electrons. The van der Waals surface area contributed by atoms with Crippen molar-refractivity contribution in [1.29, 1.82) is 0 Å². The van der Waals surface area contributed by atoms with E-state index in [2.05, 4.69) is 4.98 Å². The summed E-state index contributed by atoms with van der Waals surface area (Å²) < 4.78 is 19.3. The molecule has 78 valence electrons. The standard InChI is InChI=1S/C10H9NO2S2/c12-15(13)6-8-1-3-9(4-2-8)10-5-11-7-14-10/h1-5,7H,6H2,(H,12,13). The van der Waals surface area contributed by atoms with Crippen LogP contribution < -0.4 is 0 Å². The monoisotopic (exact) mass is 239 g/mol. The second-order valence-corrected chi connectivity index (χ2v) is 4.85. The van der Waals surface area contributed by atoms with Crippen LogP contribution in [0.5, 0.6) is 0 Å². The molecule has 1 unspecified atom stereocenters. The van der Waals surface area contributed by atoms with Crippen molar-refractivity contribution in [2.75, 3.05) is 0 Å². The summed E-state index contributed by atoms with van der Waals surface area (Å²) in [6.45, 7) is 0. The quantitative estimate of drug-likeness (QED) is 0.837. The highest BCUT2D eigenvalue weighted by molar-refractivity contribution is 7.78. The Hall–Kier alpha value is -1.04. The lowest BCUT2D eigenvalue weighted by molar-refractivity contribution is 0.563. The zero-order valence-corrected chi connectivity index (χ0v) is 9.42. The van der Waals surface area contributed by atoms with Gasteiger partial charge >= 0.3 is 0 Å². The van der Waals surface area contributed by atoms with E-state index in [-0.39, 0.29) is 5.75 Å². The first-order valence-electron chi connectivity index (χ1n) is 4.31. The summed E-state index contributed by atoms with van der Waals surface area (Å²) in [5.74, 6) is 0.184. The van der Waals surface area contributed by atoms with E-state index in [4.69, 9.17) is 4.55 Å². The van der Waals surface area contributed by atoms with Crippen LogP contribution in [0.1, 0.15) is 5.56 Å². The Morgan fingerprint density at radius 2 is 2.07 bits per heavy atom. The van der Waals surface area contributed by atoms with Gasteiger partial charge in [0.15, 0.2) is 11.1 Å². The molecule has 1 heterocycles. The van der Waals surface area contributed by atoms with E-state index >= 15 is 0 Å². The number of rotatable bonds is 3. The maximum atomic E-state index is 10.6. The van der Waals surface area contributed by atoms with Gasteiger partial charge in [-0.1, -0.05) is 24.3 Å². The lowest BCUT2D eigenvalue weighted by atomic mass is 10.1. The second kappa shape index (κ2) is 4.65. The van der Waals surface area contributed by atoms with Gasteiger partial charge in [0.2, 0.25) is 0 Å². The molecule has 2 aromatic rings. The number of hydrogen-bond acceptors (Lipinski definition) is 3. The molecule has 0 saturated carbocycles. The van der Waals surface area contributed by atoms with Crippen LogP contribution in [0.15, 0.2) is 36.0 Å². The van der Waals surface area contributed by atoms with E-state index in [0.29, 0.717) is 0 Å². The van der Waals surface area contributed by atoms with Crippen molar-refractivity contribution >= 4 is 22.4 Å². The molecule has 0 aliphatic heterocycles. The van der Waals surface area contributed by atoms with Gasteiger partial charge in [-0.3, -0.25) is 4.98 Å². The molecule has 1 aromatic carbocycles. The third-order valence-electron chi connectivity index (χ3n) is 1.96.